The molecule has 1 aliphatic rings. The van der Waals surface area contributed by atoms with Gasteiger partial charge in [-0.2, -0.15) is 10.4 Å². The van der Waals surface area contributed by atoms with E-state index in [0.717, 1.165) is 24.1 Å². The molecule has 3 aromatic rings. The monoisotopic (exact) mass is 432 g/mol. The second-order valence-electron chi connectivity index (χ2n) is 9.07. The third kappa shape index (κ3) is 4.58. The van der Waals surface area contributed by atoms with E-state index in [9.17, 15) is 9.90 Å². The van der Waals surface area contributed by atoms with Gasteiger partial charge in [-0.3, -0.25) is 9.78 Å². The van der Waals surface area contributed by atoms with Crippen molar-refractivity contribution in [1.82, 2.24) is 19.9 Å². The van der Waals surface area contributed by atoms with Gasteiger partial charge >= 0.3 is 0 Å². The number of aromatic nitrogens is 3. The number of aliphatic hydroxyl groups is 1. The number of rotatable bonds is 5. The van der Waals surface area contributed by atoms with Crippen molar-refractivity contribution in [1.29, 1.82) is 5.26 Å². The molecule has 32 heavy (non-hydrogen) atoms. The van der Waals surface area contributed by atoms with Gasteiger partial charge in [0.2, 0.25) is 0 Å². The van der Waals surface area contributed by atoms with Gasteiger partial charge in [0.05, 0.1) is 45.5 Å². The Morgan fingerprint density at radius 3 is 2.72 bits per heavy atom. The predicted octanol–water partition coefficient (Wildman–Crippen LogP) is 3.51. The third-order valence-corrected chi connectivity index (χ3v) is 5.88. The largest absolute Gasteiger partial charge is 0.390 e. The minimum atomic E-state index is -0.642. The highest BCUT2D eigenvalue weighted by Crippen LogP contribution is 2.29. The Bertz CT molecular complexity index is 1180. The summed E-state index contributed by atoms with van der Waals surface area (Å²) >= 11 is 0. The molecule has 0 radical (unpaired) electrons. The maximum Gasteiger partial charge on any atom is 0.255 e. The first-order valence-corrected chi connectivity index (χ1v) is 10.9. The second-order valence-corrected chi connectivity index (χ2v) is 9.07. The smallest absolute Gasteiger partial charge is 0.255 e. The Balaban J connectivity index is 1.62. The quantitative estimate of drug-likeness (QED) is 0.568. The molecule has 0 atom stereocenters. The Kier molecular flexibility index (Phi) is 5.85. The molecule has 8 nitrogen and oxygen atoms in total. The average Bonchev–Trinajstić information content (AvgIpc) is 3.18. The lowest BCUT2D eigenvalue weighted by Gasteiger charge is -2.33. The standard InChI is InChI=1S/C24H28N6O2/c1-15(2)28-20-11-21(22-5-4-18-10-16(12-25)13-27-30(18)22)26-14-19(20)23(31)29-17-6-8-24(3,32)9-7-17/h4-5,10-11,13-15,17,32H,6-9H2,1-3H3,(H,26,28)(H,29,31)/t17-,24+. The molecule has 1 fully saturated rings. The molecule has 0 aliphatic heterocycles. The zero-order chi connectivity index (χ0) is 22.9. The fourth-order valence-electron chi connectivity index (χ4n) is 4.11. The number of amides is 1. The normalized spacial score (nSPS) is 20.8. The van der Waals surface area contributed by atoms with Gasteiger partial charge in [-0.05, 0) is 70.7 Å². The number of nitrogens with one attached hydrogen (secondary N) is 2. The van der Waals surface area contributed by atoms with Crippen molar-refractivity contribution in [3.8, 4) is 17.5 Å². The van der Waals surface area contributed by atoms with E-state index in [2.05, 4.69) is 26.8 Å². The van der Waals surface area contributed by atoms with Crippen molar-refractivity contribution in [3.05, 3.63) is 47.8 Å². The van der Waals surface area contributed by atoms with Crippen LogP contribution in [-0.2, 0) is 0 Å². The van der Waals surface area contributed by atoms with Gasteiger partial charge in [-0.25, -0.2) is 4.52 Å². The zero-order valence-corrected chi connectivity index (χ0v) is 18.6. The van der Waals surface area contributed by atoms with Crippen LogP contribution in [0.15, 0.2) is 36.7 Å². The molecule has 8 heteroatoms. The number of fused-ring (bicyclic) bond motifs is 1. The van der Waals surface area contributed by atoms with E-state index in [0.29, 0.717) is 35.3 Å². The first-order chi connectivity index (χ1) is 15.3. The van der Waals surface area contributed by atoms with Gasteiger partial charge < -0.3 is 15.7 Å². The van der Waals surface area contributed by atoms with Crippen LogP contribution in [0.2, 0.25) is 0 Å². The Morgan fingerprint density at radius 2 is 2.03 bits per heavy atom. The van der Waals surface area contributed by atoms with E-state index in [1.807, 2.05) is 39.0 Å². The van der Waals surface area contributed by atoms with Crippen molar-refractivity contribution in [2.24, 2.45) is 0 Å². The molecule has 0 saturated heterocycles. The van der Waals surface area contributed by atoms with Crippen molar-refractivity contribution in [2.45, 2.75) is 64.1 Å². The van der Waals surface area contributed by atoms with Crippen molar-refractivity contribution in [2.75, 3.05) is 5.32 Å². The van der Waals surface area contributed by atoms with Crippen LogP contribution in [0.25, 0.3) is 16.9 Å². The molecule has 1 amide bonds. The summed E-state index contributed by atoms with van der Waals surface area (Å²) in [7, 11) is 0. The Morgan fingerprint density at radius 1 is 1.28 bits per heavy atom. The van der Waals surface area contributed by atoms with E-state index in [1.165, 1.54) is 6.20 Å². The summed E-state index contributed by atoms with van der Waals surface area (Å²) in [5.74, 6) is -0.171. The first-order valence-electron chi connectivity index (χ1n) is 10.9. The minimum Gasteiger partial charge on any atom is -0.390 e. The minimum absolute atomic E-state index is 0.0439. The van der Waals surface area contributed by atoms with Crippen LogP contribution >= 0.6 is 0 Å². The molecule has 0 unspecified atom stereocenters. The molecule has 3 N–H and O–H groups in total. The number of hydrogen-bond donors (Lipinski definition) is 3. The Labute approximate surface area is 187 Å². The molecular weight excluding hydrogens is 404 g/mol. The van der Waals surface area contributed by atoms with E-state index < -0.39 is 5.60 Å². The van der Waals surface area contributed by atoms with Gasteiger partial charge in [-0.15, -0.1) is 0 Å². The van der Waals surface area contributed by atoms with E-state index in [-0.39, 0.29) is 18.0 Å². The van der Waals surface area contributed by atoms with Crippen LogP contribution in [0.4, 0.5) is 5.69 Å². The summed E-state index contributed by atoms with van der Waals surface area (Å²) in [6.07, 6.45) is 5.97. The van der Waals surface area contributed by atoms with Crippen LogP contribution < -0.4 is 10.6 Å². The Hall–Kier alpha value is -3.44. The molecule has 166 valence electrons. The molecule has 3 heterocycles. The summed E-state index contributed by atoms with van der Waals surface area (Å²) in [6, 6.07) is 9.69. The maximum atomic E-state index is 13.1. The topological polar surface area (TPSA) is 115 Å². The molecule has 1 saturated carbocycles. The zero-order valence-electron chi connectivity index (χ0n) is 18.6. The number of anilines is 1. The SMILES string of the molecule is CC(C)Nc1cc(-c2ccc3cc(C#N)cnn23)ncc1C(=O)N[C@H]1CC[C@@](C)(O)CC1. The molecule has 3 aromatic heterocycles. The van der Waals surface area contributed by atoms with Crippen molar-refractivity contribution < 1.29 is 9.90 Å². The summed E-state index contributed by atoms with van der Waals surface area (Å²) in [6.45, 7) is 5.88. The van der Waals surface area contributed by atoms with E-state index in [4.69, 9.17) is 5.26 Å². The number of pyridine rings is 1. The van der Waals surface area contributed by atoms with Gasteiger partial charge in [0.25, 0.3) is 5.91 Å². The van der Waals surface area contributed by atoms with E-state index in [1.54, 1.807) is 16.8 Å². The molecule has 1 aliphatic carbocycles. The predicted molar refractivity (Wildman–Crippen MR) is 122 cm³/mol. The van der Waals surface area contributed by atoms with Gasteiger partial charge in [0.15, 0.2) is 0 Å². The highest BCUT2D eigenvalue weighted by Gasteiger charge is 2.30. The summed E-state index contributed by atoms with van der Waals surface area (Å²) < 4.78 is 1.73. The summed E-state index contributed by atoms with van der Waals surface area (Å²) in [5.41, 5.74) is 3.29. The molecule has 0 aromatic carbocycles. The number of carbonyl (C=O) groups excluding carboxylic acids is 1. The second kappa shape index (κ2) is 8.60. The van der Waals surface area contributed by atoms with Crippen molar-refractivity contribution in [3.63, 3.8) is 0 Å². The van der Waals surface area contributed by atoms with Crippen molar-refractivity contribution >= 4 is 17.1 Å². The van der Waals surface area contributed by atoms with Crippen LogP contribution in [0.3, 0.4) is 0 Å². The summed E-state index contributed by atoms with van der Waals surface area (Å²) in [5, 5.41) is 30.1. The number of nitrogens with zero attached hydrogens (tertiary/aromatic N) is 4. The number of carbonyl (C=O) groups is 1. The van der Waals surface area contributed by atoms with Gasteiger partial charge in [0, 0.05) is 18.3 Å². The average molecular weight is 433 g/mol. The fraction of sp³-hybridized carbons (Fsp3) is 0.417. The number of nitriles is 1. The van der Waals surface area contributed by atoms with E-state index >= 15 is 0 Å². The maximum absolute atomic E-state index is 13.1. The number of hydrogen-bond acceptors (Lipinski definition) is 6. The highest BCUT2D eigenvalue weighted by atomic mass is 16.3. The lowest BCUT2D eigenvalue weighted by Crippen LogP contribution is -2.42. The summed E-state index contributed by atoms with van der Waals surface area (Å²) in [4.78, 5) is 17.6. The lowest BCUT2D eigenvalue weighted by molar-refractivity contribution is 0.0140. The molecule has 0 bridgehead atoms. The van der Waals surface area contributed by atoms with Crippen LogP contribution in [0, 0.1) is 11.3 Å². The van der Waals surface area contributed by atoms with Crippen LogP contribution in [0.1, 0.15) is 62.4 Å². The molecule has 4 rings (SSSR count). The highest BCUT2D eigenvalue weighted by molar-refractivity contribution is 6.00. The lowest BCUT2D eigenvalue weighted by atomic mass is 9.83. The molecule has 0 spiro atoms. The van der Waals surface area contributed by atoms with Crippen LogP contribution in [-0.4, -0.2) is 43.3 Å². The van der Waals surface area contributed by atoms with Gasteiger partial charge in [-0.1, -0.05) is 0 Å². The molecular formula is C24H28N6O2. The fourth-order valence-corrected chi connectivity index (χ4v) is 4.11. The van der Waals surface area contributed by atoms with Crippen LogP contribution in [0.5, 0.6) is 0 Å². The third-order valence-electron chi connectivity index (χ3n) is 5.88. The van der Waals surface area contributed by atoms with Gasteiger partial charge in [0.1, 0.15) is 6.07 Å². The first kappa shape index (κ1) is 21.8.